The summed E-state index contributed by atoms with van der Waals surface area (Å²) >= 11 is 11.7. The van der Waals surface area contributed by atoms with Crippen LogP contribution in [0.25, 0.3) is 0 Å². The van der Waals surface area contributed by atoms with Crippen LogP contribution in [0.4, 0.5) is 5.69 Å². The summed E-state index contributed by atoms with van der Waals surface area (Å²) in [5.41, 5.74) is 3.08. The Morgan fingerprint density at radius 2 is 1.82 bits per heavy atom. The number of halogens is 2. The molecule has 0 saturated carbocycles. The van der Waals surface area contributed by atoms with E-state index in [1.54, 1.807) is 36.7 Å². The number of rotatable bonds is 3. The zero-order chi connectivity index (χ0) is 15.9. The first kappa shape index (κ1) is 15.9. The number of anilines is 1. The molecule has 22 heavy (non-hydrogen) atoms. The molecule has 0 saturated heterocycles. The van der Waals surface area contributed by atoms with E-state index < -0.39 is 11.8 Å². The molecule has 0 unspecified atom stereocenters. The maximum atomic E-state index is 11.7. The highest BCUT2D eigenvalue weighted by Crippen LogP contribution is 2.29. The van der Waals surface area contributed by atoms with Crippen molar-refractivity contribution >= 4 is 46.9 Å². The van der Waals surface area contributed by atoms with Crippen molar-refractivity contribution in [3.8, 4) is 0 Å². The van der Waals surface area contributed by atoms with E-state index in [2.05, 4.69) is 20.8 Å². The monoisotopic (exact) mass is 336 g/mol. The van der Waals surface area contributed by atoms with E-state index in [-0.39, 0.29) is 15.7 Å². The Balaban J connectivity index is 1.94. The lowest BCUT2D eigenvalue weighted by Gasteiger charge is -2.06. The van der Waals surface area contributed by atoms with Crippen molar-refractivity contribution in [2.45, 2.75) is 0 Å². The van der Waals surface area contributed by atoms with Crippen LogP contribution in [0, 0.1) is 0 Å². The number of carbonyl (C=O) groups excluding carboxylic acids is 2. The summed E-state index contributed by atoms with van der Waals surface area (Å²) in [6.45, 7) is 0. The summed E-state index contributed by atoms with van der Waals surface area (Å²) in [6, 6.07) is 8.09. The maximum absolute atomic E-state index is 11.7. The second-order valence-electron chi connectivity index (χ2n) is 4.04. The zero-order valence-corrected chi connectivity index (χ0v) is 12.6. The first-order valence-electron chi connectivity index (χ1n) is 6.06. The van der Waals surface area contributed by atoms with E-state index in [4.69, 9.17) is 23.2 Å². The smallest absolute Gasteiger partial charge is 0.316 e. The predicted molar refractivity (Wildman–Crippen MR) is 85.1 cm³/mol. The number of hydrogen-bond acceptors (Lipinski definition) is 4. The molecule has 6 nitrogen and oxygen atoms in total. The average molecular weight is 337 g/mol. The normalized spacial score (nSPS) is 10.5. The van der Waals surface area contributed by atoms with Gasteiger partial charge in [0, 0.05) is 12.4 Å². The SMILES string of the molecule is O=C(N/N=C/c1ccncc1)C(=O)Nc1cccc(Cl)c1Cl. The van der Waals surface area contributed by atoms with E-state index in [1.165, 1.54) is 12.3 Å². The molecule has 0 aliphatic carbocycles. The Morgan fingerprint density at radius 1 is 1.09 bits per heavy atom. The van der Waals surface area contributed by atoms with Crippen LogP contribution in [0.3, 0.4) is 0 Å². The van der Waals surface area contributed by atoms with Crippen molar-refractivity contribution in [3.05, 3.63) is 58.3 Å². The highest BCUT2D eigenvalue weighted by molar-refractivity contribution is 6.45. The van der Waals surface area contributed by atoms with Gasteiger partial charge >= 0.3 is 11.8 Å². The van der Waals surface area contributed by atoms with E-state index in [0.29, 0.717) is 0 Å². The standard InChI is InChI=1S/C14H10Cl2N4O2/c15-10-2-1-3-11(12(10)16)19-13(21)14(22)20-18-8-9-4-6-17-7-5-9/h1-8H,(H,19,21)(H,20,22)/b18-8+. The molecular formula is C14H10Cl2N4O2. The van der Waals surface area contributed by atoms with Crippen molar-refractivity contribution in [1.29, 1.82) is 0 Å². The van der Waals surface area contributed by atoms with Gasteiger partial charge in [-0.15, -0.1) is 0 Å². The molecule has 0 radical (unpaired) electrons. The van der Waals surface area contributed by atoms with Crippen LogP contribution in [0.1, 0.15) is 5.56 Å². The minimum absolute atomic E-state index is 0.158. The molecule has 2 amide bonds. The Kier molecular flexibility index (Phi) is 5.46. The molecule has 0 fully saturated rings. The topological polar surface area (TPSA) is 83.5 Å². The Morgan fingerprint density at radius 3 is 2.55 bits per heavy atom. The second kappa shape index (κ2) is 7.53. The summed E-state index contributed by atoms with van der Waals surface area (Å²) in [4.78, 5) is 27.2. The number of carbonyl (C=O) groups is 2. The van der Waals surface area contributed by atoms with Crippen LogP contribution in [-0.2, 0) is 9.59 Å². The van der Waals surface area contributed by atoms with Crippen LogP contribution >= 0.6 is 23.2 Å². The first-order chi connectivity index (χ1) is 10.6. The molecule has 1 aromatic carbocycles. The van der Waals surface area contributed by atoms with Gasteiger partial charge in [0.25, 0.3) is 0 Å². The van der Waals surface area contributed by atoms with E-state index in [1.807, 2.05) is 0 Å². The number of hydrazone groups is 1. The van der Waals surface area contributed by atoms with Crippen molar-refractivity contribution in [2.24, 2.45) is 5.10 Å². The number of hydrogen-bond donors (Lipinski definition) is 2. The number of benzene rings is 1. The van der Waals surface area contributed by atoms with Gasteiger partial charge in [-0.3, -0.25) is 14.6 Å². The van der Waals surface area contributed by atoms with Gasteiger partial charge in [0.05, 0.1) is 21.9 Å². The van der Waals surface area contributed by atoms with Crippen LogP contribution in [0.5, 0.6) is 0 Å². The Labute approximate surface area is 136 Å². The Hall–Kier alpha value is -2.44. The zero-order valence-electron chi connectivity index (χ0n) is 11.1. The van der Waals surface area contributed by atoms with E-state index in [9.17, 15) is 9.59 Å². The molecule has 1 heterocycles. The van der Waals surface area contributed by atoms with Crippen LogP contribution in [0.15, 0.2) is 47.8 Å². The summed E-state index contributed by atoms with van der Waals surface area (Å²) in [7, 11) is 0. The number of amides is 2. The molecule has 0 aliphatic heterocycles. The third-order valence-electron chi connectivity index (χ3n) is 2.49. The van der Waals surface area contributed by atoms with Gasteiger partial charge in [-0.1, -0.05) is 29.3 Å². The lowest BCUT2D eigenvalue weighted by atomic mass is 10.3. The number of nitrogens with zero attached hydrogens (tertiary/aromatic N) is 2. The van der Waals surface area contributed by atoms with Gasteiger partial charge in [-0.2, -0.15) is 5.10 Å². The molecule has 2 rings (SSSR count). The average Bonchev–Trinajstić information content (AvgIpc) is 2.52. The Bertz CT molecular complexity index is 720. The van der Waals surface area contributed by atoms with E-state index >= 15 is 0 Å². The number of aromatic nitrogens is 1. The van der Waals surface area contributed by atoms with Gasteiger partial charge in [0.2, 0.25) is 0 Å². The highest BCUT2D eigenvalue weighted by atomic mass is 35.5. The lowest BCUT2D eigenvalue weighted by molar-refractivity contribution is -0.136. The van der Waals surface area contributed by atoms with Crippen molar-refractivity contribution in [1.82, 2.24) is 10.4 Å². The second-order valence-corrected chi connectivity index (χ2v) is 4.82. The summed E-state index contributed by atoms with van der Waals surface area (Å²) in [5, 5.41) is 6.45. The molecule has 2 N–H and O–H groups in total. The molecule has 0 spiro atoms. The third kappa shape index (κ3) is 4.28. The van der Waals surface area contributed by atoms with Gasteiger partial charge in [0.1, 0.15) is 0 Å². The number of nitrogens with one attached hydrogen (secondary N) is 2. The fraction of sp³-hybridized carbons (Fsp3) is 0. The van der Waals surface area contributed by atoms with E-state index in [0.717, 1.165) is 5.56 Å². The number of pyridine rings is 1. The third-order valence-corrected chi connectivity index (χ3v) is 3.31. The highest BCUT2D eigenvalue weighted by Gasteiger charge is 2.15. The fourth-order valence-corrected chi connectivity index (χ4v) is 1.79. The van der Waals surface area contributed by atoms with Gasteiger partial charge in [-0.05, 0) is 29.8 Å². The minimum Gasteiger partial charge on any atom is -0.316 e. The van der Waals surface area contributed by atoms with Crippen LogP contribution < -0.4 is 10.7 Å². The summed E-state index contributed by atoms with van der Waals surface area (Å²) in [5.74, 6) is -1.84. The minimum atomic E-state index is -0.929. The van der Waals surface area contributed by atoms with Crippen molar-refractivity contribution in [3.63, 3.8) is 0 Å². The molecule has 0 aliphatic rings. The molecule has 0 bridgehead atoms. The molecule has 112 valence electrons. The fourth-order valence-electron chi connectivity index (χ4n) is 1.45. The van der Waals surface area contributed by atoms with Gasteiger partial charge in [0.15, 0.2) is 0 Å². The quantitative estimate of drug-likeness (QED) is 0.513. The molecule has 2 aromatic rings. The van der Waals surface area contributed by atoms with Crippen LogP contribution in [-0.4, -0.2) is 23.0 Å². The molecular weight excluding hydrogens is 327 g/mol. The molecule has 0 atom stereocenters. The summed E-state index contributed by atoms with van der Waals surface area (Å²) < 4.78 is 0. The molecule has 8 heteroatoms. The van der Waals surface area contributed by atoms with Crippen molar-refractivity contribution < 1.29 is 9.59 Å². The summed E-state index contributed by atoms with van der Waals surface area (Å²) in [6.07, 6.45) is 4.55. The lowest BCUT2D eigenvalue weighted by Crippen LogP contribution is -2.32. The largest absolute Gasteiger partial charge is 0.329 e. The van der Waals surface area contributed by atoms with Crippen LogP contribution in [0.2, 0.25) is 10.0 Å². The van der Waals surface area contributed by atoms with Gasteiger partial charge < -0.3 is 5.32 Å². The molecule has 1 aromatic heterocycles. The predicted octanol–water partition coefficient (Wildman–Crippen LogP) is 2.48. The maximum Gasteiger partial charge on any atom is 0.329 e. The van der Waals surface area contributed by atoms with Crippen molar-refractivity contribution in [2.75, 3.05) is 5.32 Å². The van der Waals surface area contributed by atoms with Gasteiger partial charge in [-0.25, -0.2) is 5.43 Å². The first-order valence-corrected chi connectivity index (χ1v) is 6.82.